The van der Waals surface area contributed by atoms with Crippen LogP contribution in [0.3, 0.4) is 0 Å². The van der Waals surface area contributed by atoms with Crippen LogP contribution in [0.15, 0.2) is 73.4 Å². The van der Waals surface area contributed by atoms with Crippen molar-refractivity contribution in [3.8, 4) is 0 Å². The summed E-state index contributed by atoms with van der Waals surface area (Å²) in [4.78, 5) is 35.0. The Kier molecular flexibility index (Phi) is 39.7. The van der Waals surface area contributed by atoms with E-state index in [-0.39, 0.29) is 19.4 Å². The highest BCUT2D eigenvalue weighted by Crippen LogP contribution is 2.43. The zero-order valence-electron chi connectivity index (χ0n) is 35.4. The summed E-state index contributed by atoms with van der Waals surface area (Å²) in [5, 5.41) is 18.3. The smallest absolute Gasteiger partial charge is 0.462 e. The number of hydrogen-bond donors (Lipinski definition) is 3. The van der Waals surface area contributed by atoms with Gasteiger partial charge in [0.15, 0.2) is 6.10 Å². The van der Waals surface area contributed by atoms with Gasteiger partial charge in [-0.2, -0.15) is 0 Å². The first-order valence-corrected chi connectivity index (χ1v) is 23.3. The second kappa shape index (κ2) is 41.6. The minimum absolute atomic E-state index is 0.115. The summed E-state index contributed by atoms with van der Waals surface area (Å²) in [5.41, 5.74) is 0. The Morgan fingerprint density at radius 3 is 1.54 bits per heavy atom. The van der Waals surface area contributed by atoms with E-state index in [1.807, 2.05) is 18.2 Å². The van der Waals surface area contributed by atoms with E-state index in [4.69, 9.17) is 19.1 Å². The molecule has 10 nitrogen and oxygen atoms in total. The average molecular weight is 823 g/mol. The van der Waals surface area contributed by atoms with Gasteiger partial charge >= 0.3 is 19.8 Å². The van der Waals surface area contributed by atoms with Crippen molar-refractivity contribution in [1.29, 1.82) is 0 Å². The molecule has 3 N–H and O–H groups in total. The number of unbranched alkanes of at least 4 members (excludes halogenated alkanes) is 16. The number of phosphoric acid groups is 1. The Hall–Kier alpha value is -2.59. The summed E-state index contributed by atoms with van der Waals surface area (Å²) < 4.78 is 32.6. The zero-order chi connectivity index (χ0) is 41.9. The molecule has 57 heavy (non-hydrogen) atoms. The molecule has 0 saturated heterocycles. The van der Waals surface area contributed by atoms with Crippen molar-refractivity contribution in [2.45, 2.75) is 180 Å². The topological polar surface area (TPSA) is 149 Å². The van der Waals surface area contributed by atoms with Gasteiger partial charge in [-0.25, -0.2) is 4.57 Å². The van der Waals surface area contributed by atoms with Crippen LogP contribution in [-0.2, 0) is 32.7 Å². The lowest BCUT2D eigenvalue weighted by Crippen LogP contribution is -2.29. The van der Waals surface area contributed by atoms with Crippen LogP contribution in [0, 0.1) is 0 Å². The molecule has 328 valence electrons. The second-order valence-electron chi connectivity index (χ2n) is 14.4. The third kappa shape index (κ3) is 41.4. The SMILES string of the molecule is C=CCCCCCCCCCCCCCCCC(=O)O[C@H](COC(=O)CC/C=C/C/C=C/C/C=C/C/C=C/C/C=C/CCCCC)COP(=O)(O)OC[C@@H](O)CO. The van der Waals surface area contributed by atoms with Gasteiger partial charge in [0.2, 0.25) is 0 Å². The van der Waals surface area contributed by atoms with E-state index in [2.05, 4.69) is 66.6 Å². The van der Waals surface area contributed by atoms with Crippen molar-refractivity contribution in [1.82, 2.24) is 0 Å². The quantitative estimate of drug-likeness (QED) is 0.0235. The summed E-state index contributed by atoms with van der Waals surface area (Å²) in [5.74, 6) is -1.03. The van der Waals surface area contributed by atoms with Crippen LogP contribution in [0.25, 0.3) is 0 Å². The molecule has 0 amide bonds. The number of aliphatic hydroxyl groups is 2. The number of hydrogen-bond acceptors (Lipinski definition) is 9. The van der Waals surface area contributed by atoms with Crippen LogP contribution in [0.1, 0.15) is 167 Å². The van der Waals surface area contributed by atoms with Crippen LogP contribution in [0.2, 0.25) is 0 Å². The largest absolute Gasteiger partial charge is 0.472 e. The Balaban J connectivity index is 4.40. The molecule has 0 aromatic heterocycles. The molecule has 1 unspecified atom stereocenters. The highest BCUT2D eigenvalue weighted by Gasteiger charge is 2.27. The van der Waals surface area contributed by atoms with Gasteiger partial charge in [0.05, 0.1) is 19.8 Å². The minimum Gasteiger partial charge on any atom is -0.462 e. The maximum atomic E-state index is 12.6. The van der Waals surface area contributed by atoms with Crippen molar-refractivity contribution in [2.24, 2.45) is 0 Å². The molecule has 0 bridgehead atoms. The van der Waals surface area contributed by atoms with Gasteiger partial charge in [0.25, 0.3) is 0 Å². The lowest BCUT2D eigenvalue weighted by atomic mass is 10.0. The molecular formula is C46H79O10P. The fourth-order valence-corrected chi connectivity index (χ4v) is 6.39. The van der Waals surface area contributed by atoms with Crippen molar-refractivity contribution in [3.05, 3.63) is 73.4 Å². The molecule has 0 aliphatic carbocycles. The lowest BCUT2D eigenvalue weighted by molar-refractivity contribution is -0.161. The number of rotatable bonds is 41. The van der Waals surface area contributed by atoms with Crippen LogP contribution < -0.4 is 0 Å². The predicted molar refractivity (Wildman–Crippen MR) is 233 cm³/mol. The van der Waals surface area contributed by atoms with Crippen molar-refractivity contribution >= 4 is 19.8 Å². The number of esters is 2. The van der Waals surface area contributed by atoms with Gasteiger partial charge in [-0.05, 0) is 64.2 Å². The number of ether oxygens (including phenoxy) is 2. The van der Waals surface area contributed by atoms with Crippen LogP contribution in [-0.4, -0.2) is 65.7 Å². The Morgan fingerprint density at radius 2 is 1.04 bits per heavy atom. The Labute approximate surface area is 346 Å². The first kappa shape index (κ1) is 54.4. The molecule has 0 radical (unpaired) electrons. The van der Waals surface area contributed by atoms with E-state index in [0.29, 0.717) is 12.8 Å². The summed E-state index contributed by atoms with van der Waals surface area (Å²) in [6, 6.07) is 0. The molecule has 0 aromatic carbocycles. The van der Waals surface area contributed by atoms with E-state index in [1.54, 1.807) is 0 Å². The van der Waals surface area contributed by atoms with Gasteiger partial charge in [-0.3, -0.25) is 18.6 Å². The fraction of sp³-hybridized carbons (Fsp3) is 0.696. The number of phosphoric ester groups is 1. The highest BCUT2D eigenvalue weighted by atomic mass is 31.2. The molecule has 3 atom stereocenters. The second-order valence-corrected chi connectivity index (χ2v) is 15.9. The first-order valence-electron chi connectivity index (χ1n) is 21.9. The Morgan fingerprint density at radius 1 is 0.579 bits per heavy atom. The molecule has 11 heteroatoms. The molecule has 0 aromatic rings. The maximum absolute atomic E-state index is 12.6. The molecule has 0 heterocycles. The van der Waals surface area contributed by atoms with Crippen LogP contribution in [0.5, 0.6) is 0 Å². The van der Waals surface area contributed by atoms with Gasteiger partial charge in [-0.15, -0.1) is 6.58 Å². The monoisotopic (exact) mass is 823 g/mol. The van der Waals surface area contributed by atoms with E-state index in [1.165, 1.54) is 83.5 Å². The molecule has 0 rings (SSSR count). The summed E-state index contributed by atoms with van der Waals surface area (Å²) in [6.07, 6.45) is 46.3. The van der Waals surface area contributed by atoms with Gasteiger partial charge < -0.3 is 24.6 Å². The van der Waals surface area contributed by atoms with Gasteiger partial charge in [-0.1, -0.05) is 157 Å². The number of carbonyl (C=O) groups excluding carboxylic acids is 2. The van der Waals surface area contributed by atoms with E-state index in [9.17, 15) is 24.2 Å². The summed E-state index contributed by atoms with van der Waals surface area (Å²) >= 11 is 0. The number of carbonyl (C=O) groups is 2. The number of aliphatic hydroxyl groups excluding tert-OH is 2. The fourth-order valence-electron chi connectivity index (χ4n) is 5.60. The maximum Gasteiger partial charge on any atom is 0.472 e. The summed E-state index contributed by atoms with van der Waals surface area (Å²) in [6.45, 7) is 3.78. The normalized spacial score (nSPS) is 14.3. The molecule has 0 spiro atoms. The molecule has 0 fully saturated rings. The van der Waals surface area contributed by atoms with Crippen molar-refractivity contribution in [3.63, 3.8) is 0 Å². The van der Waals surface area contributed by atoms with E-state index in [0.717, 1.165) is 51.4 Å². The molecule has 0 saturated carbocycles. The van der Waals surface area contributed by atoms with Crippen molar-refractivity contribution < 1.29 is 47.8 Å². The van der Waals surface area contributed by atoms with Crippen molar-refractivity contribution in [2.75, 3.05) is 26.4 Å². The standard InChI is InChI=1S/C46H79O10P/c1-3-5-7-9-11-13-15-17-19-20-21-22-24-25-27-29-31-33-35-37-45(49)53-41-44(42-55-57(51,52)54-40-43(48)39-47)56-46(50)38-36-34-32-30-28-26-23-18-16-14-12-10-8-6-4-2/h4,11,13,17,19,21-22,25,27,31,33,43-44,47-48H,2-3,5-10,12,14-16,18,20,23-24,26,28-30,32,34-42H2,1H3,(H,51,52)/b13-11+,19-17+,22-21+,27-25+,33-31+/t43-,44+/m0/s1. The third-order valence-electron chi connectivity index (χ3n) is 8.99. The van der Waals surface area contributed by atoms with Crippen LogP contribution in [0.4, 0.5) is 0 Å². The lowest BCUT2D eigenvalue weighted by Gasteiger charge is -2.20. The predicted octanol–water partition coefficient (Wildman–Crippen LogP) is 11.7. The third-order valence-corrected chi connectivity index (χ3v) is 9.94. The van der Waals surface area contributed by atoms with Gasteiger partial charge in [0.1, 0.15) is 12.7 Å². The van der Waals surface area contributed by atoms with E-state index >= 15 is 0 Å². The highest BCUT2D eigenvalue weighted by molar-refractivity contribution is 7.47. The molecule has 0 aliphatic heterocycles. The van der Waals surface area contributed by atoms with E-state index < -0.39 is 51.8 Å². The molecule has 0 aliphatic rings. The summed E-state index contributed by atoms with van der Waals surface area (Å²) in [7, 11) is -4.64. The van der Waals surface area contributed by atoms with Crippen LogP contribution >= 0.6 is 7.82 Å². The Bertz CT molecular complexity index is 1160. The first-order chi connectivity index (χ1) is 27.7. The zero-order valence-corrected chi connectivity index (χ0v) is 36.3. The number of allylic oxidation sites excluding steroid dienone is 11. The minimum atomic E-state index is -4.64. The average Bonchev–Trinajstić information content (AvgIpc) is 3.20. The van der Waals surface area contributed by atoms with Gasteiger partial charge in [0, 0.05) is 12.8 Å². The molecular weight excluding hydrogens is 743 g/mol.